The first-order valence-electron chi connectivity index (χ1n) is 5.46. The van der Waals surface area contributed by atoms with Gasteiger partial charge >= 0.3 is 0 Å². The van der Waals surface area contributed by atoms with Gasteiger partial charge < -0.3 is 5.32 Å². The molecule has 0 spiro atoms. The van der Waals surface area contributed by atoms with Crippen LogP contribution in [0.5, 0.6) is 0 Å². The number of halogens is 1. The van der Waals surface area contributed by atoms with Crippen LogP contribution in [0, 0.1) is 15.9 Å². The van der Waals surface area contributed by atoms with Crippen LogP contribution in [0.3, 0.4) is 0 Å². The summed E-state index contributed by atoms with van der Waals surface area (Å²) in [6.45, 7) is 0. The molecule has 2 rings (SSSR count). The second-order valence-corrected chi connectivity index (χ2v) is 4.59. The van der Waals surface area contributed by atoms with Crippen LogP contribution >= 0.6 is 11.8 Å². The molecule has 0 atom stereocenters. The number of anilines is 2. The van der Waals surface area contributed by atoms with Gasteiger partial charge in [-0.2, -0.15) is 0 Å². The minimum Gasteiger partial charge on any atom is -0.349 e. The van der Waals surface area contributed by atoms with Gasteiger partial charge in [0, 0.05) is 17.0 Å². The SMILES string of the molecule is CSc1ccccc1Nc1cc(F)ccc1[N+](=O)[O-]. The molecule has 6 heteroatoms. The molecule has 0 heterocycles. The maximum atomic E-state index is 13.2. The highest BCUT2D eigenvalue weighted by molar-refractivity contribution is 7.98. The van der Waals surface area contributed by atoms with Crippen LogP contribution in [0.15, 0.2) is 47.4 Å². The zero-order valence-electron chi connectivity index (χ0n) is 10.1. The molecule has 98 valence electrons. The van der Waals surface area contributed by atoms with Crippen LogP contribution < -0.4 is 5.32 Å². The number of nitrogens with zero attached hydrogens (tertiary/aromatic N) is 1. The van der Waals surface area contributed by atoms with E-state index in [1.165, 1.54) is 11.8 Å². The van der Waals surface area contributed by atoms with Crippen molar-refractivity contribution in [3.8, 4) is 0 Å². The van der Waals surface area contributed by atoms with Crippen LogP contribution in [0.1, 0.15) is 0 Å². The summed E-state index contributed by atoms with van der Waals surface area (Å²) < 4.78 is 13.2. The predicted octanol–water partition coefficient (Wildman–Crippen LogP) is 4.20. The molecule has 0 aliphatic rings. The van der Waals surface area contributed by atoms with E-state index in [0.717, 1.165) is 23.1 Å². The number of nitro groups is 1. The second-order valence-electron chi connectivity index (χ2n) is 3.74. The molecule has 1 N–H and O–H groups in total. The molecule has 19 heavy (non-hydrogen) atoms. The van der Waals surface area contributed by atoms with E-state index in [9.17, 15) is 14.5 Å². The van der Waals surface area contributed by atoms with Crippen molar-refractivity contribution < 1.29 is 9.31 Å². The molecule has 0 saturated carbocycles. The lowest BCUT2D eigenvalue weighted by molar-refractivity contribution is -0.384. The Bertz CT molecular complexity index is 619. The average molecular weight is 278 g/mol. The summed E-state index contributed by atoms with van der Waals surface area (Å²) >= 11 is 1.51. The van der Waals surface area contributed by atoms with E-state index in [4.69, 9.17) is 0 Å². The van der Waals surface area contributed by atoms with Crippen LogP contribution in [0.4, 0.5) is 21.5 Å². The number of hydrogen-bond donors (Lipinski definition) is 1. The van der Waals surface area contributed by atoms with Crippen molar-refractivity contribution in [3.05, 3.63) is 58.4 Å². The minimum atomic E-state index is -0.538. The normalized spacial score (nSPS) is 10.2. The van der Waals surface area contributed by atoms with E-state index >= 15 is 0 Å². The van der Waals surface area contributed by atoms with Gasteiger partial charge in [0.25, 0.3) is 5.69 Å². The number of nitrogens with one attached hydrogen (secondary N) is 1. The van der Waals surface area contributed by atoms with E-state index in [0.29, 0.717) is 5.69 Å². The Labute approximate surface area is 113 Å². The van der Waals surface area contributed by atoms with Crippen molar-refractivity contribution >= 4 is 28.8 Å². The third-order valence-electron chi connectivity index (χ3n) is 2.53. The topological polar surface area (TPSA) is 55.2 Å². The van der Waals surface area contributed by atoms with Crippen molar-refractivity contribution in [3.63, 3.8) is 0 Å². The number of benzene rings is 2. The predicted molar refractivity (Wildman–Crippen MR) is 74.6 cm³/mol. The summed E-state index contributed by atoms with van der Waals surface area (Å²) in [6, 6.07) is 10.7. The lowest BCUT2D eigenvalue weighted by Crippen LogP contribution is -1.98. The Balaban J connectivity index is 2.42. The van der Waals surface area contributed by atoms with Crippen molar-refractivity contribution in [2.75, 3.05) is 11.6 Å². The van der Waals surface area contributed by atoms with Gasteiger partial charge in [0.2, 0.25) is 0 Å². The van der Waals surface area contributed by atoms with Crippen LogP contribution in [-0.4, -0.2) is 11.2 Å². The van der Waals surface area contributed by atoms with Crippen molar-refractivity contribution in [1.29, 1.82) is 0 Å². The molecule has 0 fully saturated rings. The Morgan fingerprint density at radius 3 is 2.63 bits per heavy atom. The van der Waals surface area contributed by atoms with Gasteiger partial charge in [0.1, 0.15) is 11.5 Å². The molecule has 0 bridgehead atoms. The molecule has 0 aliphatic carbocycles. The molecule has 0 amide bonds. The van der Waals surface area contributed by atoms with E-state index < -0.39 is 10.7 Å². The van der Waals surface area contributed by atoms with Gasteiger partial charge in [-0.25, -0.2) is 4.39 Å². The summed E-state index contributed by atoms with van der Waals surface area (Å²) in [4.78, 5) is 11.3. The highest BCUT2D eigenvalue weighted by Gasteiger charge is 2.15. The van der Waals surface area contributed by atoms with Crippen molar-refractivity contribution in [1.82, 2.24) is 0 Å². The van der Waals surface area contributed by atoms with E-state index in [2.05, 4.69) is 5.32 Å². The summed E-state index contributed by atoms with van der Waals surface area (Å²) in [6.07, 6.45) is 1.90. The van der Waals surface area contributed by atoms with Crippen LogP contribution in [0.2, 0.25) is 0 Å². The van der Waals surface area contributed by atoms with E-state index in [-0.39, 0.29) is 11.4 Å². The summed E-state index contributed by atoms with van der Waals surface area (Å²) in [5.41, 5.74) is 0.701. The van der Waals surface area contributed by atoms with Gasteiger partial charge in [-0.05, 0) is 24.5 Å². The molecule has 0 unspecified atom stereocenters. The largest absolute Gasteiger partial charge is 0.349 e. The molecule has 0 aliphatic heterocycles. The van der Waals surface area contributed by atoms with Gasteiger partial charge in [0.15, 0.2) is 0 Å². The first-order chi connectivity index (χ1) is 9.11. The van der Waals surface area contributed by atoms with Gasteiger partial charge in [-0.3, -0.25) is 10.1 Å². The Morgan fingerprint density at radius 1 is 1.21 bits per heavy atom. The molecule has 4 nitrogen and oxygen atoms in total. The Kier molecular flexibility index (Phi) is 4.01. The first-order valence-corrected chi connectivity index (χ1v) is 6.68. The van der Waals surface area contributed by atoms with Crippen LogP contribution in [0.25, 0.3) is 0 Å². The maximum Gasteiger partial charge on any atom is 0.292 e. The Hall–Kier alpha value is -2.08. The van der Waals surface area contributed by atoms with Gasteiger partial charge in [0.05, 0.1) is 10.6 Å². The molecule has 0 radical (unpaired) electrons. The highest BCUT2D eigenvalue weighted by Crippen LogP contribution is 2.32. The molecule has 2 aromatic rings. The fourth-order valence-electron chi connectivity index (χ4n) is 1.66. The number of thioether (sulfide) groups is 1. The molecule has 2 aromatic carbocycles. The second kappa shape index (κ2) is 5.71. The number of rotatable bonds is 4. The number of para-hydroxylation sites is 1. The van der Waals surface area contributed by atoms with Gasteiger partial charge in [-0.15, -0.1) is 11.8 Å². The average Bonchev–Trinajstić information content (AvgIpc) is 2.39. The number of hydrogen-bond acceptors (Lipinski definition) is 4. The van der Waals surface area contributed by atoms with Crippen molar-refractivity contribution in [2.24, 2.45) is 0 Å². The first kappa shape index (κ1) is 13.4. The number of nitro benzene ring substituents is 1. The lowest BCUT2D eigenvalue weighted by atomic mass is 10.2. The highest BCUT2D eigenvalue weighted by atomic mass is 32.2. The maximum absolute atomic E-state index is 13.2. The molecular formula is C13H11FN2O2S. The Morgan fingerprint density at radius 2 is 1.95 bits per heavy atom. The van der Waals surface area contributed by atoms with Crippen LogP contribution in [-0.2, 0) is 0 Å². The van der Waals surface area contributed by atoms with E-state index in [1.54, 1.807) is 6.07 Å². The van der Waals surface area contributed by atoms with Crippen molar-refractivity contribution in [2.45, 2.75) is 4.90 Å². The monoisotopic (exact) mass is 278 g/mol. The molecular weight excluding hydrogens is 267 g/mol. The molecule has 0 saturated heterocycles. The standard InChI is InChI=1S/C13H11FN2O2S/c1-19-13-5-3-2-4-10(13)15-11-8-9(14)6-7-12(11)16(17)18/h2-8,15H,1H3. The zero-order valence-corrected chi connectivity index (χ0v) is 10.9. The quantitative estimate of drug-likeness (QED) is 0.517. The summed E-state index contributed by atoms with van der Waals surface area (Å²) in [5, 5.41) is 13.8. The van der Waals surface area contributed by atoms with E-state index in [1.807, 2.05) is 24.5 Å². The molecule has 0 aromatic heterocycles. The zero-order chi connectivity index (χ0) is 13.8. The minimum absolute atomic E-state index is 0.145. The summed E-state index contributed by atoms with van der Waals surface area (Å²) in [7, 11) is 0. The third-order valence-corrected chi connectivity index (χ3v) is 3.33. The smallest absolute Gasteiger partial charge is 0.292 e. The lowest BCUT2D eigenvalue weighted by Gasteiger charge is -2.10. The van der Waals surface area contributed by atoms with Gasteiger partial charge in [-0.1, -0.05) is 12.1 Å². The summed E-state index contributed by atoms with van der Waals surface area (Å²) in [5.74, 6) is -0.519. The third kappa shape index (κ3) is 3.03. The fraction of sp³-hybridized carbons (Fsp3) is 0.0769. The fourth-order valence-corrected chi connectivity index (χ4v) is 2.21.